The zero-order valence-corrected chi connectivity index (χ0v) is 25.6. The fraction of sp³-hybridized carbons (Fsp3) is 0.562. The van der Waals surface area contributed by atoms with Crippen molar-refractivity contribution in [3.8, 4) is 0 Å². The summed E-state index contributed by atoms with van der Waals surface area (Å²) in [4.78, 5) is 30.8. The molecule has 1 N–H and O–H groups in total. The van der Waals surface area contributed by atoms with E-state index < -0.39 is 17.7 Å². The molecule has 0 saturated carbocycles. The van der Waals surface area contributed by atoms with Gasteiger partial charge in [0, 0.05) is 29.6 Å². The molecule has 2 amide bonds. The Kier molecular flexibility index (Phi) is 10.8. The SMILES string of the molecule is CC(C)(C)OC(=O)N[C@H](Cc1ccc(Cl)cc1)C(=O)N1CCC(c2ccc(Cl)cc2CCCN2CCCC2)CC1. The van der Waals surface area contributed by atoms with Crippen LogP contribution in [0.4, 0.5) is 4.79 Å². The predicted molar refractivity (Wildman–Crippen MR) is 162 cm³/mol. The maximum absolute atomic E-state index is 13.7. The largest absolute Gasteiger partial charge is 0.444 e. The average molecular weight is 589 g/mol. The zero-order chi connectivity index (χ0) is 28.7. The number of alkyl carbamates (subject to hydrolysis) is 1. The van der Waals surface area contributed by atoms with Crippen LogP contribution in [0.3, 0.4) is 0 Å². The van der Waals surface area contributed by atoms with Gasteiger partial charge in [0.05, 0.1) is 0 Å². The highest BCUT2D eigenvalue weighted by molar-refractivity contribution is 6.30. The normalized spacial score (nSPS) is 17.6. The Morgan fingerprint density at radius 1 is 0.975 bits per heavy atom. The third-order valence-corrected chi connectivity index (χ3v) is 8.30. The molecule has 0 aliphatic carbocycles. The molecule has 218 valence electrons. The number of likely N-dealkylation sites (tertiary alicyclic amines) is 2. The van der Waals surface area contributed by atoms with Gasteiger partial charge in [-0.1, -0.05) is 41.4 Å². The van der Waals surface area contributed by atoms with Crippen LogP contribution in [0.2, 0.25) is 10.0 Å². The molecule has 2 aliphatic rings. The van der Waals surface area contributed by atoms with E-state index in [4.69, 9.17) is 27.9 Å². The number of ether oxygens (including phenoxy) is 1. The Bertz CT molecular complexity index is 1140. The van der Waals surface area contributed by atoms with Crippen molar-refractivity contribution in [2.45, 2.75) is 83.3 Å². The minimum absolute atomic E-state index is 0.0822. The second-order valence-corrected chi connectivity index (χ2v) is 13.0. The maximum atomic E-state index is 13.7. The van der Waals surface area contributed by atoms with E-state index in [0.717, 1.165) is 42.8 Å². The Morgan fingerprint density at radius 3 is 2.27 bits per heavy atom. The summed E-state index contributed by atoms with van der Waals surface area (Å²) in [7, 11) is 0. The van der Waals surface area contributed by atoms with E-state index in [-0.39, 0.29) is 5.91 Å². The fourth-order valence-corrected chi connectivity index (χ4v) is 6.15. The molecule has 1 atom stereocenters. The lowest BCUT2D eigenvalue weighted by molar-refractivity contribution is -0.134. The molecule has 0 bridgehead atoms. The molecule has 0 spiro atoms. The summed E-state index contributed by atoms with van der Waals surface area (Å²) in [6, 6.07) is 13.0. The first kappa shape index (κ1) is 30.7. The number of benzene rings is 2. The first-order valence-electron chi connectivity index (χ1n) is 14.6. The minimum Gasteiger partial charge on any atom is -0.444 e. The van der Waals surface area contributed by atoms with Gasteiger partial charge in [-0.15, -0.1) is 0 Å². The van der Waals surface area contributed by atoms with E-state index in [9.17, 15) is 9.59 Å². The molecule has 0 aromatic heterocycles. The molecule has 0 radical (unpaired) electrons. The summed E-state index contributed by atoms with van der Waals surface area (Å²) < 4.78 is 5.47. The quantitative estimate of drug-likeness (QED) is 0.348. The number of carbonyl (C=O) groups excluding carboxylic acids is 2. The molecular formula is C32H43Cl2N3O3. The molecule has 40 heavy (non-hydrogen) atoms. The van der Waals surface area contributed by atoms with Crippen LogP contribution >= 0.6 is 23.2 Å². The van der Waals surface area contributed by atoms with E-state index in [1.54, 1.807) is 12.1 Å². The molecule has 8 heteroatoms. The topological polar surface area (TPSA) is 61.9 Å². The highest BCUT2D eigenvalue weighted by Gasteiger charge is 2.32. The van der Waals surface area contributed by atoms with Gasteiger partial charge in [0.1, 0.15) is 11.6 Å². The van der Waals surface area contributed by atoms with Gasteiger partial charge in [-0.3, -0.25) is 4.79 Å². The Balaban J connectivity index is 1.39. The van der Waals surface area contributed by atoms with Gasteiger partial charge in [-0.25, -0.2) is 4.79 Å². The molecule has 2 saturated heterocycles. The van der Waals surface area contributed by atoms with Gasteiger partial charge in [0.25, 0.3) is 0 Å². The molecule has 0 unspecified atom stereocenters. The fourth-order valence-electron chi connectivity index (χ4n) is 5.83. The highest BCUT2D eigenvalue weighted by Crippen LogP contribution is 2.33. The standard InChI is InChI=1S/C32H43Cl2N3O3/c1-32(2,3)40-31(39)35-29(21-23-8-10-26(33)11-9-23)30(38)37-19-14-24(15-20-37)28-13-12-27(34)22-25(28)7-6-18-36-16-4-5-17-36/h8-13,22,24,29H,4-7,14-21H2,1-3H3,(H,35,39)/t29-/m1/s1. The van der Waals surface area contributed by atoms with Crippen LogP contribution in [-0.4, -0.2) is 66.2 Å². The summed E-state index contributed by atoms with van der Waals surface area (Å²) in [5.74, 6) is 0.304. The van der Waals surface area contributed by atoms with Crippen molar-refractivity contribution in [3.05, 3.63) is 69.2 Å². The van der Waals surface area contributed by atoms with Gasteiger partial charge in [-0.2, -0.15) is 0 Å². The van der Waals surface area contributed by atoms with Crippen LogP contribution in [-0.2, 0) is 22.4 Å². The van der Waals surface area contributed by atoms with Crippen LogP contribution < -0.4 is 5.32 Å². The Labute approximate surface area is 249 Å². The van der Waals surface area contributed by atoms with E-state index in [0.29, 0.717) is 30.5 Å². The van der Waals surface area contributed by atoms with Crippen LogP contribution in [0.1, 0.15) is 75.5 Å². The second-order valence-electron chi connectivity index (χ2n) is 12.1. The van der Waals surface area contributed by atoms with Crippen LogP contribution in [0.25, 0.3) is 0 Å². The maximum Gasteiger partial charge on any atom is 0.408 e. The number of carbonyl (C=O) groups is 2. The van der Waals surface area contributed by atoms with E-state index >= 15 is 0 Å². The monoisotopic (exact) mass is 587 g/mol. The van der Waals surface area contributed by atoms with Gasteiger partial charge in [-0.05, 0) is 126 Å². The van der Waals surface area contributed by atoms with Crippen molar-refractivity contribution in [1.29, 1.82) is 0 Å². The number of nitrogens with zero attached hydrogens (tertiary/aromatic N) is 2. The third-order valence-electron chi connectivity index (χ3n) is 7.81. The first-order chi connectivity index (χ1) is 19.1. The number of piperidine rings is 1. The van der Waals surface area contributed by atoms with Gasteiger partial charge >= 0.3 is 6.09 Å². The molecular weight excluding hydrogens is 545 g/mol. The van der Waals surface area contributed by atoms with Crippen molar-refractivity contribution in [2.24, 2.45) is 0 Å². The minimum atomic E-state index is -0.718. The summed E-state index contributed by atoms with van der Waals surface area (Å²) in [5, 5.41) is 4.25. The number of rotatable bonds is 9. The third kappa shape index (κ3) is 9.12. The number of amides is 2. The summed E-state index contributed by atoms with van der Waals surface area (Å²) >= 11 is 12.5. The number of hydrogen-bond acceptors (Lipinski definition) is 4. The van der Waals surface area contributed by atoms with Gasteiger partial charge in [0.2, 0.25) is 5.91 Å². The average Bonchev–Trinajstić information content (AvgIpc) is 3.42. The highest BCUT2D eigenvalue weighted by atomic mass is 35.5. The summed E-state index contributed by atoms with van der Waals surface area (Å²) in [5.41, 5.74) is 2.97. The van der Waals surface area contributed by atoms with E-state index in [2.05, 4.69) is 22.3 Å². The van der Waals surface area contributed by atoms with Gasteiger partial charge in [0.15, 0.2) is 0 Å². The summed E-state index contributed by atoms with van der Waals surface area (Å²) in [6.07, 6.45) is 6.32. The number of aryl methyl sites for hydroxylation is 1. The Hall–Kier alpha value is -2.28. The number of halogens is 2. The van der Waals surface area contributed by atoms with E-state index in [1.165, 1.54) is 37.1 Å². The molecule has 4 rings (SSSR count). The lowest BCUT2D eigenvalue weighted by atomic mass is 9.85. The molecule has 6 nitrogen and oxygen atoms in total. The number of nitrogens with one attached hydrogen (secondary N) is 1. The predicted octanol–water partition coefficient (Wildman–Crippen LogP) is 6.86. The Morgan fingerprint density at radius 2 is 1.62 bits per heavy atom. The number of hydrogen-bond donors (Lipinski definition) is 1. The van der Waals surface area contributed by atoms with Crippen molar-refractivity contribution in [2.75, 3.05) is 32.7 Å². The van der Waals surface area contributed by atoms with Crippen LogP contribution in [0.5, 0.6) is 0 Å². The molecule has 2 fully saturated rings. The molecule has 2 aromatic rings. The zero-order valence-electron chi connectivity index (χ0n) is 24.1. The summed E-state index contributed by atoms with van der Waals surface area (Å²) in [6.45, 7) is 10.3. The van der Waals surface area contributed by atoms with Gasteiger partial charge < -0.3 is 19.9 Å². The van der Waals surface area contributed by atoms with Crippen molar-refractivity contribution < 1.29 is 14.3 Å². The van der Waals surface area contributed by atoms with Crippen LogP contribution in [0.15, 0.2) is 42.5 Å². The lowest BCUT2D eigenvalue weighted by Gasteiger charge is -2.35. The first-order valence-corrected chi connectivity index (χ1v) is 15.4. The molecule has 2 heterocycles. The van der Waals surface area contributed by atoms with Crippen LogP contribution in [0, 0.1) is 0 Å². The molecule has 2 aliphatic heterocycles. The second kappa shape index (κ2) is 14.1. The van der Waals surface area contributed by atoms with Crippen molar-refractivity contribution in [3.63, 3.8) is 0 Å². The molecule has 2 aromatic carbocycles. The van der Waals surface area contributed by atoms with E-state index in [1.807, 2.05) is 43.9 Å². The van der Waals surface area contributed by atoms with Crippen molar-refractivity contribution >= 4 is 35.2 Å². The van der Waals surface area contributed by atoms with Crippen molar-refractivity contribution in [1.82, 2.24) is 15.1 Å². The smallest absolute Gasteiger partial charge is 0.408 e. The lowest BCUT2D eigenvalue weighted by Crippen LogP contribution is -2.52.